The summed E-state index contributed by atoms with van der Waals surface area (Å²) < 4.78 is 22.7. The Hall–Kier alpha value is -0.350. The second kappa shape index (κ2) is 6.40. The molecular formula is C12H23NO2S. The Kier molecular flexibility index (Phi) is 5.49. The van der Waals surface area contributed by atoms with Crippen LogP contribution in [0.25, 0.3) is 0 Å². The van der Waals surface area contributed by atoms with E-state index in [-0.39, 0.29) is 11.8 Å². The third-order valence-corrected chi connectivity index (χ3v) is 4.92. The van der Waals surface area contributed by atoms with Crippen molar-refractivity contribution in [2.45, 2.75) is 51.5 Å². The van der Waals surface area contributed by atoms with Crippen LogP contribution >= 0.6 is 0 Å². The van der Waals surface area contributed by atoms with E-state index in [1.54, 1.807) is 6.92 Å². The largest absolute Gasteiger partial charge is 0.324 e. The molecule has 0 bridgehead atoms. The predicted octanol–water partition coefficient (Wildman–Crippen LogP) is 2.03. The summed E-state index contributed by atoms with van der Waals surface area (Å²) in [4.78, 5) is 0. The van der Waals surface area contributed by atoms with Gasteiger partial charge in [0.25, 0.3) is 0 Å². The Morgan fingerprint density at radius 3 is 2.88 bits per heavy atom. The summed E-state index contributed by atoms with van der Waals surface area (Å²) >= 11 is 0. The van der Waals surface area contributed by atoms with Crippen molar-refractivity contribution in [2.24, 2.45) is 5.73 Å². The van der Waals surface area contributed by atoms with E-state index in [2.05, 4.69) is 6.08 Å². The molecule has 0 spiro atoms. The molecule has 0 amide bonds. The minimum absolute atomic E-state index is 0.181. The average Bonchev–Trinajstić information content (AvgIpc) is 2.43. The van der Waals surface area contributed by atoms with Gasteiger partial charge in [-0.05, 0) is 32.1 Å². The van der Waals surface area contributed by atoms with Crippen LogP contribution in [0.1, 0.15) is 45.4 Å². The first-order valence-electron chi connectivity index (χ1n) is 6.19. The molecule has 1 atom stereocenters. The standard InChI is InChI=1S/C12H23NO2S/c1-2-16(14,15)9-5-7-11-6-3-4-8-12(13)10-11/h10,12H,2-9,13H2,1H3. The summed E-state index contributed by atoms with van der Waals surface area (Å²) in [6.45, 7) is 1.70. The van der Waals surface area contributed by atoms with Crippen LogP contribution in [0, 0.1) is 0 Å². The smallest absolute Gasteiger partial charge is 0.150 e. The molecule has 16 heavy (non-hydrogen) atoms. The van der Waals surface area contributed by atoms with Gasteiger partial charge < -0.3 is 5.73 Å². The van der Waals surface area contributed by atoms with Crippen molar-refractivity contribution >= 4 is 9.84 Å². The second-order valence-corrected chi connectivity index (χ2v) is 7.05. The predicted molar refractivity (Wildman–Crippen MR) is 68.1 cm³/mol. The molecule has 0 fully saturated rings. The van der Waals surface area contributed by atoms with Gasteiger partial charge in [-0.2, -0.15) is 0 Å². The lowest BCUT2D eigenvalue weighted by molar-refractivity contribution is 0.593. The van der Waals surface area contributed by atoms with Crippen molar-refractivity contribution in [3.05, 3.63) is 11.6 Å². The van der Waals surface area contributed by atoms with E-state index in [0.717, 1.165) is 25.7 Å². The molecule has 1 aliphatic rings. The zero-order valence-electron chi connectivity index (χ0n) is 10.1. The van der Waals surface area contributed by atoms with Crippen LogP contribution in [0.5, 0.6) is 0 Å². The summed E-state index contributed by atoms with van der Waals surface area (Å²) in [5.41, 5.74) is 7.27. The molecule has 1 rings (SSSR count). The quantitative estimate of drug-likeness (QED) is 0.754. The van der Waals surface area contributed by atoms with E-state index in [1.807, 2.05) is 0 Å². The summed E-state index contributed by atoms with van der Waals surface area (Å²) in [6.07, 6.45) is 8.33. The van der Waals surface area contributed by atoms with Crippen LogP contribution in [0.4, 0.5) is 0 Å². The molecule has 0 aromatic rings. The fourth-order valence-electron chi connectivity index (χ4n) is 2.07. The topological polar surface area (TPSA) is 60.2 Å². The molecule has 1 aliphatic carbocycles. The minimum Gasteiger partial charge on any atom is -0.324 e. The normalized spacial score (nSPS) is 22.6. The SMILES string of the molecule is CCS(=O)(=O)CCCC1=CC(N)CCCC1. The summed E-state index contributed by atoms with van der Waals surface area (Å²) in [5.74, 6) is 0.571. The summed E-state index contributed by atoms with van der Waals surface area (Å²) in [7, 11) is -2.80. The molecule has 0 aromatic carbocycles. The minimum atomic E-state index is -2.80. The van der Waals surface area contributed by atoms with Crippen LogP contribution in [-0.2, 0) is 9.84 Å². The van der Waals surface area contributed by atoms with E-state index in [1.165, 1.54) is 18.4 Å². The molecule has 0 radical (unpaired) electrons. The van der Waals surface area contributed by atoms with Crippen molar-refractivity contribution in [1.29, 1.82) is 0 Å². The monoisotopic (exact) mass is 245 g/mol. The first kappa shape index (κ1) is 13.7. The second-order valence-electron chi connectivity index (χ2n) is 4.57. The molecule has 2 N–H and O–H groups in total. The Balaban J connectivity index is 2.37. The van der Waals surface area contributed by atoms with Gasteiger partial charge in [0, 0.05) is 11.8 Å². The molecule has 94 valence electrons. The molecule has 3 nitrogen and oxygen atoms in total. The molecule has 4 heteroatoms. The van der Waals surface area contributed by atoms with Crippen LogP contribution in [0.15, 0.2) is 11.6 Å². The molecule has 0 aromatic heterocycles. The molecular weight excluding hydrogens is 222 g/mol. The fourth-order valence-corrected chi connectivity index (χ4v) is 2.95. The molecule has 0 heterocycles. The van der Waals surface area contributed by atoms with Crippen LogP contribution in [-0.4, -0.2) is 26.0 Å². The van der Waals surface area contributed by atoms with E-state index < -0.39 is 9.84 Å². The lowest BCUT2D eigenvalue weighted by Crippen LogP contribution is -2.16. The highest BCUT2D eigenvalue weighted by Gasteiger charge is 2.10. The van der Waals surface area contributed by atoms with Crippen LogP contribution in [0.2, 0.25) is 0 Å². The Morgan fingerprint density at radius 2 is 2.19 bits per heavy atom. The number of sulfone groups is 1. The van der Waals surface area contributed by atoms with Gasteiger partial charge in [-0.3, -0.25) is 0 Å². The maximum Gasteiger partial charge on any atom is 0.150 e. The average molecular weight is 245 g/mol. The van der Waals surface area contributed by atoms with Gasteiger partial charge in [-0.1, -0.05) is 25.0 Å². The Bertz CT molecular complexity index is 333. The number of rotatable bonds is 5. The zero-order valence-corrected chi connectivity index (χ0v) is 10.9. The number of allylic oxidation sites excluding steroid dienone is 1. The molecule has 0 saturated carbocycles. The molecule has 1 unspecified atom stereocenters. The van der Waals surface area contributed by atoms with Gasteiger partial charge >= 0.3 is 0 Å². The number of hydrogen-bond donors (Lipinski definition) is 1. The van der Waals surface area contributed by atoms with Gasteiger partial charge in [-0.25, -0.2) is 8.42 Å². The van der Waals surface area contributed by atoms with Crippen LogP contribution in [0.3, 0.4) is 0 Å². The van der Waals surface area contributed by atoms with Gasteiger partial charge in [0.15, 0.2) is 0 Å². The molecule has 0 aliphatic heterocycles. The Labute approximate surface area is 99.0 Å². The third kappa shape index (κ3) is 5.12. The zero-order chi connectivity index (χ0) is 12.0. The fraction of sp³-hybridized carbons (Fsp3) is 0.833. The first-order valence-corrected chi connectivity index (χ1v) is 8.01. The van der Waals surface area contributed by atoms with Gasteiger partial charge in [0.05, 0.1) is 5.75 Å². The maximum absolute atomic E-state index is 11.3. The van der Waals surface area contributed by atoms with E-state index >= 15 is 0 Å². The van der Waals surface area contributed by atoms with Crippen molar-refractivity contribution in [1.82, 2.24) is 0 Å². The van der Waals surface area contributed by atoms with Crippen LogP contribution < -0.4 is 5.73 Å². The third-order valence-electron chi connectivity index (χ3n) is 3.13. The number of nitrogens with two attached hydrogens (primary N) is 1. The van der Waals surface area contributed by atoms with E-state index in [9.17, 15) is 8.42 Å². The van der Waals surface area contributed by atoms with Crippen molar-refractivity contribution in [2.75, 3.05) is 11.5 Å². The van der Waals surface area contributed by atoms with Crippen molar-refractivity contribution in [3.8, 4) is 0 Å². The highest BCUT2D eigenvalue weighted by Crippen LogP contribution is 2.20. The summed E-state index contributed by atoms with van der Waals surface area (Å²) in [6, 6.07) is 0.181. The maximum atomic E-state index is 11.3. The van der Waals surface area contributed by atoms with Crippen molar-refractivity contribution in [3.63, 3.8) is 0 Å². The lowest BCUT2D eigenvalue weighted by Gasteiger charge is -2.06. The van der Waals surface area contributed by atoms with Gasteiger partial charge in [0.2, 0.25) is 0 Å². The van der Waals surface area contributed by atoms with E-state index in [0.29, 0.717) is 5.75 Å². The number of hydrogen-bond acceptors (Lipinski definition) is 3. The van der Waals surface area contributed by atoms with Crippen molar-refractivity contribution < 1.29 is 8.42 Å². The Morgan fingerprint density at radius 1 is 1.44 bits per heavy atom. The highest BCUT2D eigenvalue weighted by molar-refractivity contribution is 7.91. The van der Waals surface area contributed by atoms with Gasteiger partial charge in [-0.15, -0.1) is 0 Å². The highest BCUT2D eigenvalue weighted by atomic mass is 32.2. The van der Waals surface area contributed by atoms with E-state index in [4.69, 9.17) is 5.73 Å². The van der Waals surface area contributed by atoms with Gasteiger partial charge in [0.1, 0.15) is 9.84 Å². The molecule has 0 saturated heterocycles. The summed E-state index contributed by atoms with van der Waals surface area (Å²) in [5, 5.41) is 0. The first-order chi connectivity index (χ1) is 7.53. The lowest BCUT2D eigenvalue weighted by atomic mass is 10.1.